The third-order valence-corrected chi connectivity index (χ3v) is 2.55. The van der Waals surface area contributed by atoms with Gasteiger partial charge in [0.2, 0.25) is 5.76 Å². The van der Waals surface area contributed by atoms with E-state index in [0.717, 1.165) is 0 Å². The minimum atomic E-state index is -0.351. The number of hydrogen-bond donors (Lipinski definition) is 1. The fraction of sp³-hybridized carbons (Fsp3) is 0.500. The third kappa shape index (κ3) is 2.14. The van der Waals surface area contributed by atoms with E-state index < -0.39 is 0 Å². The number of nitrogen functional groups attached to an aromatic ring is 1. The Hall–Kier alpha value is -1.89. The Kier molecular flexibility index (Phi) is 3.10. The average Bonchev–Trinajstić information content (AvgIpc) is 2.71. The molecule has 0 aliphatic carbocycles. The molecular formula is C10H13N3O4. The van der Waals surface area contributed by atoms with Crippen LogP contribution in [0.1, 0.15) is 28.0 Å². The first-order valence-corrected chi connectivity index (χ1v) is 5.24. The molecule has 7 heteroatoms. The van der Waals surface area contributed by atoms with Gasteiger partial charge in [-0.25, -0.2) is 0 Å². The molecule has 0 aromatic carbocycles. The Morgan fingerprint density at radius 3 is 2.53 bits per heavy atom. The maximum absolute atomic E-state index is 12.0. The third-order valence-electron chi connectivity index (χ3n) is 2.55. The van der Waals surface area contributed by atoms with Crippen LogP contribution in [0.25, 0.3) is 0 Å². The topological polar surface area (TPSA) is 98.7 Å². The summed E-state index contributed by atoms with van der Waals surface area (Å²) in [6, 6.07) is 0. The summed E-state index contributed by atoms with van der Waals surface area (Å²) in [6.07, 6.45) is 0. The van der Waals surface area contributed by atoms with Crippen LogP contribution >= 0.6 is 0 Å². The zero-order valence-corrected chi connectivity index (χ0v) is 9.43. The first kappa shape index (κ1) is 11.6. The maximum atomic E-state index is 12.0. The Morgan fingerprint density at radius 2 is 2.00 bits per heavy atom. The van der Waals surface area contributed by atoms with E-state index in [-0.39, 0.29) is 28.8 Å². The minimum Gasteiger partial charge on any atom is -0.393 e. The lowest BCUT2D eigenvalue weighted by molar-refractivity contribution is 0.0297. The lowest BCUT2D eigenvalue weighted by atomic mass is 10.2. The Labute approximate surface area is 97.5 Å². The smallest absolute Gasteiger partial charge is 0.278 e. The summed E-state index contributed by atoms with van der Waals surface area (Å²) in [7, 11) is 0. The number of carbonyl (C=O) groups excluding carboxylic acids is 2. The highest BCUT2D eigenvalue weighted by atomic mass is 16.5. The van der Waals surface area contributed by atoms with Gasteiger partial charge in [-0.05, 0) is 0 Å². The number of ketones is 1. The van der Waals surface area contributed by atoms with Crippen molar-refractivity contribution in [3.05, 3.63) is 11.5 Å². The predicted molar refractivity (Wildman–Crippen MR) is 57.6 cm³/mol. The number of rotatable bonds is 2. The van der Waals surface area contributed by atoms with Crippen LogP contribution in [-0.4, -0.2) is 48.1 Å². The highest BCUT2D eigenvalue weighted by molar-refractivity contribution is 6.04. The molecule has 0 bridgehead atoms. The van der Waals surface area contributed by atoms with Gasteiger partial charge in [0, 0.05) is 20.0 Å². The van der Waals surface area contributed by atoms with Crippen molar-refractivity contribution in [2.24, 2.45) is 0 Å². The van der Waals surface area contributed by atoms with E-state index >= 15 is 0 Å². The molecule has 0 spiro atoms. The van der Waals surface area contributed by atoms with Gasteiger partial charge in [-0.2, -0.15) is 0 Å². The summed E-state index contributed by atoms with van der Waals surface area (Å²) in [5, 5.41) is 3.56. The number of morpholine rings is 1. The molecule has 1 fully saturated rings. The number of aromatic nitrogens is 1. The first-order valence-electron chi connectivity index (χ1n) is 5.24. The lowest BCUT2D eigenvalue weighted by Crippen LogP contribution is -2.41. The van der Waals surface area contributed by atoms with Crippen LogP contribution in [0.15, 0.2) is 4.52 Å². The van der Waals surface area contributed by atoms with Crippen LogP contribution in [0.3, 0.4) is 0 Å². The molecule has 17 heavy (non-hydrogen) atoms. The summed E-state index contributed by atoms with van der Waals surface area (Å²) in [6.45, 7) is 3.26. The van der Waals surface area contributed by atoms with Crippen molar-refractivity contribution < 1.29 is 18.8 Å². The highest BCUT2D eigenvalue weighted by Crippen LogP contribution is 2.19. The normalized spacial score (nSPS) is 15.9. The molecule has 1 aromatic heterocycles. The van der Waals surface area contributed by atoms with Crippen molar-refractivity contribution in [1.29, 1.82) is 0 Å². The van der Waals surface area contributed by atoms with E-state index in [1.54, 1.807) is 4.90 Å². The summed E-state index contributed by atoms with van der Waals surface area (Å²) in [5.74, 6) is -0.750. The fourth-order valence-corrected chi connectivity index (χ4v) is 1.62. The molecule has 0 unspecified atom stereocenters. The van der Waals surface area contributed by atoms with Crippen LogP contribution in [-0.2, 0) is 4.74 Å². The maximum Gasteiger partial charge on any atom is 0.278 e. The summed E-state index contributed by atoms with van der Waals surface area (Å²) in [5.41, 5.74) is 5.66. The molecular weight excluding hydrogens is 226 g/mol. The second-order valence-electron chi connectivity index (χ2n) is 3.73. The molecule has 0 atom stereocenters. The van der Waals surface area contributed by atoms with Gasteiger partial charge in [0.25, 0.3) is 5.91 Å². The van der Waals surface area contributed by atoms with Crippen molar-refractivity contribution in [3.8, 4) is 0 Å². The van der Waals surface area contributed by atoms with Gasteiger partial charge in [0.1, 0.15) is 5.69 Å². The molecule has 1 saturated heterocycles. The molecule has 0 saturated carbocycles. The number of Topliss-reactive ketones (excluding diaryl/α,β-unsaturated/α-hetero) is 1. The van der Waals surface area contributed by atoms with Crippen LogP contribution < -0.4 is 5.73 Å². The number of amides is 1. The van der Waals surface area contributed by atoms with Gasteiger partial charge < -0.3 is 19.9 Å². The molecule has 1 aliphatic rings. The molecule has 1 amide bonds. The van der Waals surface area contributed by atoms with E-state index in [9.17, 15) is 9.59 Å². The average molecular weight is 239 g/mol. The van der Waals surface area contributed by atoms with Gasteiger partial charge in [0.15, 0.2) is 11.5 Å². The van der Waals surface area contributed by atoms with Crippen LogP contribution in [0, 0.1) is 0 Å². The van der Waals surface area contributed by atoms with E-state index in [2.05, 4.69) is 5.16 Å². The molecule has 1 aliphatic heterocycles. The molecule has 92 valence electrons. The van der Waals surface area contributed by atoms with Crippen LogP contribution in [0.4, 0.5) is 5.69 Å². The number of anilines is 1. The first-order chi connectivity index (χ1) is 8.11. The van der Waals surface area contributed by atoms with Crippen molar-refractivity contribution in [3.63, 3.8) is 0 Å². The second-order valence-corrected chi connectivity index (χ2v) is 3.73. The minimum absolute atomic E-state index is 0.00269. The fourth-order valence-electron chi connectivity index (χ4n) is 1.62. The molecule has 7 nitrogen and oxygen atoms in total. The van der Waals surface area contributed by atoms with E-state index in [1.165, 1.54) is 6.92 Å². The van der Waals surface area contributed by atoms with Crippen LogP contribution in [0.2, 0.25) is 0 Å². The van der Waals surface area contributed by atoms with Crippen molar-refractivity contribution in [2.45, 2.75) is 6.92 Å². The van der Waals surface area contributed by atoms with Gasteiger partial charge in [0.05, 0.1) is 13.2 Å². The van der Waals surface area contributed by atoms with Crippen molar-refractivity contribution >= 4 is 17.4 Å². The zero-order valence-electron chi connectivity index (χ0n) is 9.43. The second kappa shape index (κ2) is 4.54. The summed E-state index contributed by atoms with van der Waals surface area (Å²) < 4.78 is 9.90. The van der Waals surface area contributed by atoms with E-state index in [1.807, 2.05) is 0 Å². The Morgan fingerprint density at radius 1 is 1.35 bits per heavy atom. The molecule has 2 rings (SSSR count). The zero-order chi connectivity index (χ0) is 12.4. The number of hydrogen-bond acceptors (Lipinski definition) is 6. The van der Waals surface area contributed by atoms with Gasteiger partial charge >= 0.3 is 0 Å². The molecule has 1 aromatic rings. The van der Waals surface area contributed by atoms with Gasteiger partial charge in [-0.3, -0.25) is 9.59 Å². The quantitative estimate of drug-likeness (QED) is 0.725. The monoisotopic (exact) mass is 239 g/mol. The van der Waals surface area contributed by atoms with Gasteiger partial charge in [-0.15, -0.1) is 0 Å². The number of nitrogens with two attached hydrogens (primary N) is 1. The number of nitrogens with zero attached hydrogens (tertiary/aromatic N) is 2. The number of ether oxygens (including phenoxy) is 1. The van der Waals surface area contributed by atoms with E-state index in [0.29, 0.717) is 26.3 Å². The SMILES string of the molecule is CC(=O)c1onc(C(=O)N2CCOCC2)c1N. The Balaban J connectivity index is 2.21. The predicted octanol–water partition coefficient (Wildman–Crippen LogP) is -0.0682. The highest BCUT2D eigenvalue weighted by Gasteiger charge is 2.27. The van der Waals surface area contributed by atoms with Gasteiger partial charge in [-0.1, -0.05) is 5.16 Å². The summed E-state index contributed by atoms with van der Waals surface area (Å²) in [4.78, 5) is 24.7. The molecule has 2 N–H and O–H groups in total. The van der Waals surface area contributed by atoms with Crippen molar-refractivity contribution in [1.82, 2.24) is 10.1 Å². The lowest BCUT2D eigenvalue weighted by Gasteiger charge is -2.25. The standard InChI is InChI=1S/C10H13N3O4/c1-6(14)9-7(11)8(12-17-9)10(15)13-2-4-16-5-3-13/h2-5,11H2,1H3. The Bertz CT molecular complexity index is 448. The molecule has 0 radical (unpaired) electrons. The van der Waals surface area contributed by atoms with Crippen LogP contribution in [0.5, 0.6) is 0 Å². The number of carbonyl (C=O) groups is 2. The summed E-state index contributed by atoms with van der Waals surface area (Å²) >= 11 is 0. The van der Waals surface area contributed by atoms with E-state index in [4.69, 9.17) is 15.0 Å². The largest absolute Gasteiger partial charge is 0.393 e. The molecule has 2 heterocycles. The van der Waals surface area contributed by atoms with Crippen molar-refractivity contribution in [2.75, 3.05) is 32.0 Å².